The largest absolute Gasteiger partial charge is 0.463 e. The third-order valence-electron chi connectivity index (χ3n) is 4.84. The first kappa shape index (κ1) is 13.9. The highest BCUT2D eigenvalue weighted by Gasteiger charge is 2.43. The van der Waals surface area contributed by atoms with Gasteiger partial charge >= 0.3 is 0 Å². The van der Waals surface area contributed by atoms with E-state index in [4.69, 9.17) is 4.42 Å². The smallest absolute Gasteiger partial charge is 0.274 e. The molecule has 1 N–H and O–H groups in total. The predicted octanol–water partition coefficient (Wildman–Crippen LogP) is 3.17. The molecule has 0 aromatic carbocycles. The van der Waals surface area contributed by atoms with E-state index in [9.17, 15) is 4.79 Å². The maximum atomic E-state index is 12.8. The molecular formula is C16H19N3O2S. The molecule has 2 unspecified atom stereocenters. The first-order valence-corrected chi connectivity index (χ1v) is 9.00. The first-order chi connectivity index (χ1) is 10.8. The van der Waals surface area contributed by atoms with Crippen LogP contribution in [0.4, 0.5) is 0 Å². The van der Waals surface area contributed by atoms with E-state index in [1.54, 1.807) is 12.3 Å². The Labute approximate surface area is 133 Å². The van der Waals surface area contributed by atoms with Gasteiger partial charge < -0.3 is 9.32 Å². The number of nitrogens with one attached hydrogen (secondary N) is 1. The Balaban J connectivity index is 1.55. The average Bonchev–Trinajstić information content (AvgIpc) is 3.25. The maximum Gasteiger partial charge on any atom is 0.274 e. The van der Waals surface area contributed by atoms with Crippen LogP contribution in [-0.4, -0.2) is 44.6 Å². The molecule has 2 aliphatic rings. The molecule has 2 fully saturated rings. The Morgan fingerprint density at radius 2 is 2.18 bits per heavy atom. The summed E-state index contributed by atoms with van der Waals surface area (Å²) in [6.45, 7) is 0. The van der Waals surface area contributed by atoms with Gasteiger partial charge in [0.05, 0.1) is 6.26 Å². The van der Waals surface area contributed by atoms with Crippen LogP contribution in [0, 0.1) is 0 Å². The molecule has 2 aliphatic heterocycles. The van der Waals surface area contributed by atoms with E-state index in [1.165, 1.54) is 0 Å². The maximum absolute atomic E-state index is 12.8. The van der Waals surface area contributed by atoms with Crippen LogP contribution in [-0.2, 0) is 0 Å². The molecule has 0 radical (unpaired) electrons. The Hall–Kier alpha value is -1.69. The average molecular weight is 317 g/mol. The lowest BCUT2D eigenvalue weighted by Gasteiger charge is -2.38. The standard InChI is InChI=1S/C16H19N3O2S/c1-22-12-7-10-4-5-11(8-12)19(10)16(20)14-9-13(17-18-14)15-3-2-6-21-15/h2-3,6,9-12H,4-5,7-8H2,1H3,(H,17,18). The SMILES string of the molecule is CSC1CC2CCC(C1)N2C(=O)c1cc(-c2ccco2)[nH]n1. The molecular weight excluding hydrogens is 298 g/mol. The number of hydrogen-bond acceptors (Lipinski definition) is 4. The van der Waals surface area contributed by atoms with Crippen LogP contribution in [0.1, 0.15) is 36.2 Å². The minimum Gasteiger partial charge on any atom is -0.463 e. The van der Waals surface area contributed by atoms with E-state index in [0.29, 0.717) is 28.8 Å². The Bertz CT molecular complexity index is 653. The van der Waals surface area contributed by atoms with Crippen molar-refractivity contribution in [2.75, 3.05) is 6.26 Å². The summed E-state index contributed by atoms with van der Waals surface area (Å²) in [5, 5.41) is 7.80. The highest BCUT2D eigenvalue weighted by atomic mass is 32.2. The van der Waals surface area contributed by atoms with Gasteiger partial charge in [0, 0.05) is 23.4 Å². The van der Waals surface area contributed by atoms with Crippen molar-refractivity contribution in [2.45, 2.75) is 43.0 Å². The summed E-state index contributed by atoms with van der Waals surface area (Å²) in [7, 11) is 0. The number of furan rings is 1. The summed E-state index contributed by atoms with van der Waals surface area (Å²) in [6, 6.07) is 6.24. The normalized spacial score (nSPS) is 27.3. The quantitative estimate of drug-likeness (QED) is 0.944. The van der Waals surface area contributed by atoms with Gasteiger partial charge in [-0.3, -0.25) is 9.89 Å². The van der Waals surface area contributed by atoms with Crippen LogP contribution < -0.4 is 0 Å². The third kappa shape index (κ3) is 2.26. The van der Waals surface area contributed by atoms with Crippen molar-refractivity contribution in [2.24, 2.45) is 0 Å². The van der Waals surface area contributed by atoms with Gasteiger partial charge in [-0.15, -0.1) is 0 Å². The highest BCUT2D eigenvalue weighted by Crippen LogP contribution is 2.40. The second-order valence-electron chi connectivity index (χ2n) is 6.07. The zero-order chi connectivity index (χ0) is 15.1. The van der Waals surface area contributed by atoms with Gasteiger partial charge in [0.15, 0.2) is 11.5 Å². The number of carbonyl (C=O) groups is 1. The van der Waals surface area contributed by atoms with Crippen molar-refractivity contribution in [1.82, 2.24) is 15.1 Å². The van der Waals surface area contributed by atoms with Crippen molar-refractivity contribution < 1.29 is 9.21 Å². The lowest BCUT2D eigenvalue weighted by molar-refractivity contribution is 0.0595. The number of piperidine rings is 1. The van der Waals surface area contributed by atoms with E-state index in [1.807, 2.05) is 23.9 Å². The molecule has 2 atom stereocenters. The van der Waals surface area contributed by atoms with Crippen molar-refractivity contribution >= 4 is 17.7 Å². The molecule has 2 aromatic rings. The van der Waals surface area contributed by atoms with Crippen LogP contribution >= 0.6 is 11.8 Å². The number of nitrogens with zero attached hydrogens (tertiary/aromatic N) is 2. The summed E-state index contributed by atoms with van der Waals surface area (Å²) >= 11 is 1.93. The number of amides is 1. The van der Waals surface area contributed by atoms with Crippen LogP contribution in [0.5, 0.6) is 0 Å². The Morgan fingerprint density at radius 1 is 1.41 bits per heavy atom. The fourth-order valence-corrected chi connectivity index (χ4v) is 4.60. The van der Waals surface area contributed by atoms with Crippen LogP contribution in [0.15, 0.2) is 28.9 Å². The van der Waals surface area contributed by atoms with Gasteiger partial charge in [0.1, 0.15) is 5.69 Å². The molecule has 22 heavy (non-hydrogen) atoms. The zero-order valence-corrected chi connectivity index (χ0v) is 13.3. The molecule has 4 rings (SSSR count). The van der Waals surface area contributed by atoms with Crippen molar-refractivity contribution in [3.8, 4) is 11.5 Å². The Morgan fingerprint density at radius 3 is 2.82 bits per heavy atom. The predicted molar refractivity (Wildman–Crippen MR) is 85.8 cm³/mol. The van der Waals surface area contributed by atoms with Gasteiger partial charge in [-0.2, -0.15) is 16.9 Å². The van der Waals surface area contributed by atoms with E-state index >= 15 is 0 Å². The number of aromatic amines is 1. The summed E-state index contributed by atoms with van der Waals surface area (Å²) in [6.07, 6.45) is 8.26. The minimum atomic E-state index is 0.0566. The number of carbonyl (C=O) groups excluding carboxylic acids is 1. The van der Waals surface area contributed by atoms with Gasteiger partial charge in [-0.1, -0.05) is 0 Å². The monoisotopic (exact) mass is 317 g/mol. The summed E-state index contributed by atoms with van der Waals surface area (Å²) < 4.78 is 5.34. The lowest BCUT2D eigenvalue weighted by Crippen LogP contribution is -2.47. The van der Waals surface area contributed by atoms with Gasteiger partial charge in [0.2, 0.25) is 0 Å². The number of thioether (sulfide) groups is 1. The van der Waals surface area contributed by atoms with Gasteiger partial charge in [0.25, 0.3) is 5.91 Å². The third-order valence-corrected chi connectivity index (χ3v) is 5.89. The number of rotatable bonds is 3. The second kappa shape index (κ2) is 5.50. The minimum absolute atomic E-state index is 0.0566. The van der Waals surface area contributed by atoms with E-state index in [2.05, 4.69) is 21.4 Å². The molecule has 0 spiro atoms. The lowest BCUT2D eigenvalue weighted by atomic mass is 10.0. The van der Waals surface area contributed by atoms with Crippen molar-refractivity contribution in [1.29, 1.82) is 0 Å². The van der Waals surface area contributed by atoms with E-state index in [0.717, 1.165) is 31.4 Å². The molecule has 0 saturated carbocycles. The molecule has 2 aromatic heterocycles. The Kier molecular flexibility index (Phi) is 3.48. The number of hydrogen-bond donors (Lipinski definition) is 1. The molecule has 4 heterocycles. The number of fused-ring (bicyclic) bond motifs is 2. The molecule has 2 saturated heterocycles. The van der Waals surface area contributed by atoms with Crippen molar-refractivity contribution in [3.63, 3.8) is 0 Å². The van der Waals surface area contributed by atoms with Crippen LogP contribution in [0.25, 0.3) is 11.5 Å². The molecule has 116 valence electrons. The van der Waals surface area contributed by atoms with E-state index < -0.39 is 0 Å². The van der Waals surface area contributed by atoms with Crippen LogP contribution in [0.3, 0.4) is 0 Å². The van der Waals surface area contributed by atoms with Crippen molar-refractivity contribution in [3.05, 3.63) is 30.2 Å². The molecule has 0 aliphatic carbocycles. The van der Waals surface area contributed by atoms with Gasteiger partial charge in [-0.05, 0) is 44.1 Å². The second-order valence-corrected chi connectivity index (χ2v) is 7.21. The molecule has 1 amide bonds. The van der Waals surface area contributed by atoms with Gasteiger partial charge in [-0.25, -0.2) is 0 Å². The fourth-order valence-electron chi connectivity index (χ4n) is 3.77. The molecule has 2 bridgehead atoms. The first-order valence-electron chi connectivity index (χ1n) is 7.71. The zero-order valence-electron chi connectivity index (χ0n) is 12.5. The number of aromatic nitrogens is 2. The summed E-state index contributed by atoms with van der Waals surface area (Å²) in [4.78, 5) is 14.9. The number of H-pyrrole nitrogens is 1. The highest BCUT2D eigenvalue weighted by molar-refractivity contribution is 7.99. The summed E-state index contributed by atoms with van der Waals surface area (Å²) in [5.74, 6) is 0.761. The molecule has 5 nitrogen and oxygen atoms in total. The van der Waals surface area contributed by atoms with Crippen LogP contribution in [0.2, 0.25) is 0 Å². The topological polar surface area (TPSA) is 62.1 Å². The summed E-state index contributed by atoms with van der Waals surface area (Å²) in [5.41, 5.74) is 1.24. The fraction of sp³-hybridized carbons (Fsp3) is 0.500. The van der Waals surface area contributed by atoms with E-state index in [-0.39, 0.29) is 5.91 Å². The molecule has 6 heteroatoms.